The van der Waals surface area contributed by atoms with E-state index in [1.807, 2.05) is 19.1 Å². The number of pyridine rings is 1. The summed E-state index contributed by atoms with van der Waals surface area (Å²) in [5, 5.41) is 12.5. The van der Waals surface area contributed by atoms with Crippen molar-refractivity contribution in [3.63, 3.8) is 0 Å². The Labute approximate surface area is 173 Å². The number of benzene rings is 1. The molecule has 2 aromatic heterocycles. The van der Waals surface area contributed by atoms with E-state index >= 15 is 0 Å². The highest BCUT2D eigenvalue weighted by Gasteiger charge is 2.30. The van der Waals surface area contributed by atoms with Gasteiger partial charge in [0.15, 0.2) is 5.82 Å². The average molecular weight is 403 g/mol. The Bertz CT molecular complexity index is 1090. The number of amides is 3. The van der Waals surface area contributed by atoms with Crippen molar-refractivity contribution in [1.29, 1.82) is 0 Å². The van der Waals surface area contributed by atoms with Crippen LogP contribution in [0.1, 0.15) is 34.8 Å². The molecular weight excluding hydrogens is 382 g/mol. The number of nitrogens with zero attached hydrogens (tertiary/aromatic N) is 2. The van der Waals surface area contributed by atoms with Crippen LogP contribution in [0.15, 0.2) is 48.8 Å². The largest absolute Gasteiger partial charge is 0.305 e. The van der Waals surface area contributed by atoms with Gasteiger partial charge in [0, 0.05) is 35.5 Å². The van der Waals surface area contributed by atoms with Crippen molar-refractivity contribution in [3.8, 4) is 11.3 Å². The van der Waals surface area contributed by atoms with Crippen LogP contribution in [0.4, 0.5) is 5.82 Å². The summed E-state index contributed by atoms with van der Waals surface area (Å²) < 4.78 is 0. The van der Waals surface area contributed by atoms with E-state index in [4.69, 9.17) is 0 Å². The third-order valence-electron chi connectivity index (χ3n) is 5.19. The van der Waals surface area contributed by atoms with E-state index in [0.717, 1.165) is 22.4 Å². The molecule has 4 rings (SSSR count). The van der Waals surface area contributed by atoms with E-state index in [1.54, 1.807) is 36.7 Å². The van der Waals surface area contributed by atoms with Gasteiger partial charge < -0.3 is 5.32 Å². The SMILES string of the molecule is CCc1c(NC(=O)c2ccc(CC3CC(=O)NC3=O)cc2)n[nH]c1-c1ccncc1. The minimum Gasteiger partial charge on any atom is -0.305 e. The maximum atomic E-state index is 12.7. The molecule has 1 unspecified atom stereocenters. The molecule has 3 N–H and O–H groups in total. The average Bonchev–Trinajstić information content (AvgIpc) is 3.30. The van der Waals surface area contributed by atoms with E-state index < -0.39 is 0 Å². The second-order valence-electron chi connectivity index (χ2n) is 7.18. The summed E-state index contributed by atoms with van der Waals surface area (Å²) in [4.78, 5) is 39.8. The summed E-state index contributed by atoms with van der Waals surface area (Å²) in [6.45, 7) is 2.00. The first-order valence-electron chi connectivity index (χ1n) is 9.76. The maximum absolute atomic E-state index is 12.7. The van der Waals surface area contributed by atoms with Crippen LogP contribution in [-0.2, 0) is 22.4 Å². The Morgan fingerprint density at radius 3 is 2.50 bits per heavy atom. The molecule has 0 radical (unpaired) electrons. The predicted molar refractivity (Wildman–Crippen MR) is 111 cm³/mol. The zero-order chi connectivity index (χ0) is 21.1. The van der Waals surface area contributed by atoms with Crippen LogP contribution in [0, 0.1) is 5.92 Å². The first-order valence-corrected chi connectivity index (χ1v) is 9.76. The lowest BCUT2D eigenvalue weighted by Gasteiger charge is -2.08. The molecule has 8 nitrogen and oxygen atoms in total. The number of imide groups is 1. The minimum atomic E-state index is -0.347. The minimum absolute atomic E-state index is 0.208. The maximum Gasteiger partial charge on any atom is 0.256 e. The first-order chi connectivity index (χ1) is 14.5. The van der Waals surface area contributed by atoms with Crippen LogP contribution in [0.3, 0.4) is 0 Å². The highest BCUT2D eigenvalue weighted by molar-refractivity contribution is 6.05. The topological polar surface area (TPSA) is 117 Å². The molecule has 1 aliphatic heterocycles. The number of carbonyl (C=O) groups is 3. The van der Waals surface area contributed by atoms with E-state index in [1.165, 1.54) is 0 Å². The number of nitrogens with one attached hydrogen (secondary N) is 3. The fraction of sp³-hybridized carbons (Fsp3) is 0.227. The lowest BCUT2D eigenvalue weighted by molar-refractivity contribution is -0.125. The van der Waals surface area contributed by atoms with Crippen molar-refractivity contribution >= 4 is 23.5 Å². The van der Waals surface area contributed by atoms with Gasteiger partial charge in [-0.1, -0.05) is 19.1 Å². The van der Waals surface area contributed by atoms with Gasteiger partial charge in [0.1, 0.15) is 0 Å². The fourth-order valence-corrected chi connectivity index (χ4v) is 3.60. The molecule has 0 saturated carbocycles. The van der Waals surface area contributed by atoms with Gasteiger partial charge in [-0.05, 0) is 42.7 Å². The molecule has 0 aliphatic carbocycles. The Hall–Kier alpha value is -3.81. The summed E-state index contributed by atoms with van der Waals surface area (Å²) in [6, 6.07) is 10.8. The molecule has 1 aromatic carbocycles. The molecule has 3 amide bonds. The van der Waals surface area contributed by atoms with Crippen molar-refractivity contribution in [3.05, 3.63) is 65.5 Å². The van der Waals surface area contributed by atoms with Crippen LogP contribution < -0.4 is 10.6 Å². The predicted octanol–water partition coefficient (Wildman–Crippen LogP) is 2.49. The molecule has 1 fully saturated rings. The lowest BCUT2D eigenvalue weighted by Crippen LogP contribution is -2.22. The number of aromatic nitrogens is 3. The molecule has 0 spiro atoms. The number of aromatic amines is 1. The number of anilines is 1. The fourth-order valence-electron chi connectivity index (χ4n) is 3.60. The number of hydrogen-bond donors (Lipinski definition) is 3. The van der Waals surface area contributed by atoms with Gasteiger partial charge in [-0.3, -0.25) is 29.8 Å². The third kappa shape index (κ3) is 3.98. The Morgan fingerprint density at radius 1 is 1.13 bits per heavy atom. The van der Waals surface area contributed by atoms with E-state index in [-0.39, 0.29) is 30.1 Å². The Kier molecular flexibility index (Phi) is 5.38. The van der Waals surface area contributed by atoms with Crippen molar-refractivity contribution < 1.29 is 14.4 Å². The summed E-state index contributed by atoms with van der Waals surface area (Å²) in [7, 11) is 0. The van der Waals surface area contributed by atoms with Crippen molar-refractivity contribution in [1.82, 2.24) is 20.5 Å². The molecule has 1 saturated heterocycles. The Balaban J connectivity index is 1.46. The van der Waals surface area contributed by atoms with Crippen LogP contribution in [0.25, 0.3) is 11.3 Å². The van der Waals surface area contributed by atoms with Gasteiger partial charge in [0.25, 0.3) is 5.91 Å². The smallest absolute Gasteiger partial charge is 0.256 e. The standard InChI is InChI=1S/C22H21N5O3/c1-2-17-19(14-7-9-23-10-8-14)26-27-20(17)25-21(29)15-5-3-13(4-6-15)11-16-12-18(28)24-22(16)30/h3-10,16H,2,11-12H2,1H3,(H,24,28,30)(H2,25,26,27,29). The zero-order valence-corrected chi connectivity index (χ0v) is 16.4. The van der Waals surface area contributed by atoms with Crippen LogP contribution >= 0.6 is 0 Å². The molecular formula is C22H21N5O3. The first kappa shape index (κ1) is 19.5. The normalized spacial score (nSPS) is 15.8. The molecule has 0 bridgehead atoms. The molecule has 3 aromatic rings. The zero-order valence-electron chi connectivity index (χ0n) is 16.4. The van der Waals surface area contributed by atoms with Crippen molar-refractivity contribution in [2.45, 2.75) is 26.2 Å². The summed E-state index contributed by atoms with van der Waals surface area (Å²) in [5.74, 6) is -0.590. The van der Waals surface area contributed by atoms with Gasteiger partial charge in [0.05, 0.1) is 11.6 Å². The van der Waals surface area contributed by atoms with Gasteiger partial charge in [-0.2, -0.15) is 5.10 Å². The van der Waals surface area contributed by atoms with Gasteiger partial charge in [0.2, 0.25) is 11.8 Å². The quantitative estimate of drug-likeness (QED) is 0.547. The van der Waals surface area contributed by atoms with Gasteiger partial charge >= 0.3 is 0 Å². The molecule has 152 valence electrons. The molecule has 1 aliphatic rings. The molecule has 1 atom stereocenters. The summed E-state index contributed by atoms with van der Waals surface area (Å²) >= 11 is 0. The number of carbonyl (C=O) groups excluding carboxylic acids is 3. The number of H-pyrrole nitrogens is 1. The van der Waals surface area contributed by atoms with Crippen LogP contribution in [0.2, 0.25) is 0 Å². The van der Waals surface area contributed by atoms with Crippen LogP contribution in [0.5, 0.6) is 0 Å². The molecule has 30 heavy (non-hydrogen) atoms. The molecule has 3 heterocycles. The monoisotopic (exact) mass is 403 g/mol. The van der Waals surface area contributed by atoms with Crippen molar-refractivity contribution in [2.75, 3.05) is 5.32 Å². The van der Waals surface area contributed by atoms with Crippen LogP contribution in [-0.4, -0.2) is 32.9 Å². The number of rotatable bonds is 6. The second-order valence-corrected chi connectivity index (χ2v) is 7.18. The lowest BCUT2D eigenvalue weighted by atomic mass is 9.97. The summed E-state index contributed by atoms with van der Waals surface area (Å²) in [5.41, 5.74) is 4.11. The third-order valence-corrected chi connectivity index (χ3v) is 5.19. The van der Waals surface area contributed by atoms with E-state index in [9.17, 15) is 14.4 Å². The Morgan fingerprint density at radius 2 is 1.87 bits per heavy atom. The van der Waals surface area contributed by atoms with Gasteiger partial charge in [-0.25, -0.2) is 0 Å². The van der Waals surface area contributed by atoms with Gasteiger partial charge in [-0.15, -0.1) is 0 Å². The van der Waals surface area contributed by atoms with E-state index in [0.29, 0.717) is 24.2 Å². The highest BCUT2D eigenvalue weighted by atomic mass is 16.2. The number of hydrogen-bond acceptors (Lipinski definition) is 5. The highest BCUT2D eigenvalue weighted by Crippen LogP contribution is 2.27. The second kappa shape index (κ2) is 8.28. The van der Waals surface area contributed by atoms with Crippen molar-refractivity contribution in [2.24, 2.45) is 5.92 Å². The molecule has 8 heteroatoms. The van der Waals surface area contributed by atoms with E-state index in [2.05, 4.69) is 25.8 Å². The summed E-state index contributed by atoms with van der Waals surface area (Å²) in [6.07, 6.45) is 4.79.